The Bertz CT molecular complexity index is 666. The van der Waals surface area contributed by atoms with E-state index in [0.29, 0.717) is 17.1 Å². The van der Waals surface area contributed by atoms with Gasteiger partial charge in [-0.25, -0.2) is 0 Å². The smallest absolute Gasteiger partial charge is 0.175 e. The van der Waals surface area contributed by atoms with Crippen molar-refractivity contribution in [3.63, 3.8) is 0 Å². The topological polar surface area (TPSA) is 37.3 Å². The summed E-state index contributed by atoms with van der Waals surface area (Å²) >= 11 is 6.52. The molecular weight excluding hydrogens is 324 g/mol. The second-order valence-electron chi connectivity index (χ2n) is 8.05. The molecule has 1 saturated heterocycles. The molecule has 0 bridgehead atoms. The number of hydrogen-bond donors (Lipinski definition) is 1. The van der Waals surface area contributed by atoms with Crippen LogP contribution in [0.4, 0.5) is 0 Å². The van der Waals surface area contributed by atoms with Crippen molar-refractivity contribution in [2.75, 3.05) is 0 Å². The van der Waals surface area contributed by atoms with Crippen molar-refractivity contribution < 1.29 is 9.90 Å². The van der Waals surface area contributed by atoms with E-state index in [4.69, 9.17) is 12.2 Å². The van der Waals surface area contributed by atoms with Crippen LogP contribution in [0.5, 0.6) is 5.75 Å². The van der Waals surface area contributed by atoms with E-state index in [1.807, 2.05) is 18.2 Å². The van der Waals surface area contributed by atoms with Gasteiger partial charge in [0, 0.05) is 11.1 Å². The monoisotopic (exact) mass is 348 g/mol. The maximum Gasteiger partial charge on any atom is 0.175 e. The van der Waals surface area contributed by atoms with Crippen LogP contribution in [0.1, 0.15) is 64.7 Å². The van der Waals surface area contributed by atoms with Crippen molar-refractivity contribution in [3.05, 3.63) is 33.7 Å². The van der Waals surface area contributed by atoms with Crippen molar-refractivity contribution in [2.24, 2.45) is 0 Å². The first-order chi connectivity index (χ1) is 10.4. The van der Waals surface area contributed by atoms with Crippen LogP contribution in [-0.4, -0.2) is 15.1 Å². The number of thioether (sulfide) groups is 1. The van der Waals surface area contributed by atoms with E-state index >= 15 is 0 Å². The molecule has 0 atom stereocenters. The van der Waals surface area contributed by atoms with Gasteiger partial charge < -0.3 is 5.11 Å². The molecule has 0 amide bonds. The largest absolute Gasteiger partial charge is 0.507 e. The van der Waals surface area contributed by atoms with Crippen LogP contribution in [0.15, 0.2) is 17.0 Å². The summed E-state index contributed by atoms with van der Waals surface area (Å²) in [5.74, 6) is 0.441. The van der Waals surface area contributed by atoms with E-state index in [1.54, 1.807) is 0 Å². The first kappa shape index (κ1) is 18.2. The van der Waals surface area contributed by atoms with E-state index in [9.17, 15) is 9.90 Å². The number of phenolic OH excluding ortho intramolecular Hbond substituents is 1. The van der Waals surface area contributed by atoms with Gasteiger partial charge in [-0.05, 0) is 34.6 Å². The SMILES string of the molecule is CC(C)(C)c1cc(/C=C2/SC(=S)CC2=O)cc(C(C)(C)C)c1O. The maximum atomic E-state index is 12.0. The van der Waals surface area contributed by atoms with Crippen LogP contribution in [0.3, 0.4) is 0 Å². The Morgan fingerprint density at radius 1 is 1.09 bits per heavy atom. The van der Waals surface area contributed by atoms with Crippen molar-refractivity contribution in [3.8, 4) is 5.75 Å². The molecular formula is C19H24O2S2. The highest BCUT2D eigenvalue weighted by molar-refractivity contribution is 8.27. The highest BCUT2D eigenvalue weighted by Gasteiger charge is 2.27. The van der Waals surface area contributed by atoms with Gasteiger partial charge in [0.1, 0.15) is 5.75 Å². The number of allylic oxidation sites excluding steroid dienone is 1. The summed E-state index contributed by atoms with van der Waals surface area (Å²) in [4.78, 5) is 12.7. The zero-order chi connectivity index (χ0) is 17.6. The lowest BCUT2D eigenvalue weighted by molar-refractivity contribution is -0.113. The van der Waals surface area contributed by atoms with Gasteiger partial charge in [-0.2, -0.15) is 0 Å². The Morgan fingerprint density at radius 2 is 1.57 bits per heavy atom. The number of benzene rings is 1. The van der Waals surface area contributed by atoms with Crippen LogP contribution in [0, 0.1) is 0 Å². The first-order valence-electron chi connectivity index (χ1n) is 7.73. The molecule has 0 unspecified atom stereocenters. The third kappa shape index (κ3) is 4.04. The number of phenols is 1. The molecule has 1 N–H and O–H groups in total. The van der Waals surface area contributed by atoms with Gasteiger partial charge >= 0.3 is 0 Å². The molecule has 124 valence electrons. The van der Waals surface area contributed by atoms with E-state index in [1.165, 1.54) is 11.8 Å². The highest BCUT2D eigenvalue weighted by atomic mass is 32.2. The lowest BCUT2D eigenvalue weighted by atomic mass is 9.78. The van der Waals surface area contributed by atoms with E-state index < -0.39 is 0 Å². The zero-order valence-electron chi connectivity index (χ0n) is 14.6. The van der Waals surface area contributed by atoms with Gasteiger partial charge in [-0.15, -0.1) is 0 Å². The van der Waals surface area contributed by atoms with Gasteiger partial charge in [0.15, 0.2) is 5.78 Å². The molecule has 23 heavy (non-hydrogen) atoms. The Morgan fingerprint density at radius 3 is 1.91 bits per heavy atom. The molecule has 1 aliphatic rings. The van der Waals surface area contributed by atoms with Crippen molar-refractivity contribution in [1.29, 1.82) is 0 Å². The summed E-state index contributed by atoms with van der Waals surface area (Å²) in [5, 5.41) is 10.7. The third-order valence-electron chi connectivity index (χ3n) is 3.85. The molecule has 1 aromatic rings. The third-order valence-corrected chi connectivity index (χ3v) is 5.18. The minimum Gasteiger partial charge on any atom is -0.507 e. The Hall–Kier alpha value is -1.13. The summed E-state index contributed by atoms with van der Waals surface area (Å²) < 4.78 is 0.729. The van der Waals surface area contributed by atoms with Gasteiger partial charge in [0.2, 0.25) is 0 Å². The fraction of sp³-hybridized carbons (Fsp3) is 0.474. The van der Waals surface area contributed by atoms with Crippen LogP contribution in [-0.2, 0) is 15.6 Å². The summed E-state index contributed by atoms with van der Waals surface area (Å²) in [6, 6.07) is 3.96. The van der Waals surface area contributed by atoms with Crippen LogP contribution in [0.2, 0.25) is 0 Å². The minimum atomic E-state index is -0.180. The van der Waals surface area contributed by atoms with Crippen LogP contribution < -0.4 is 0 Å². The first-order valence-corrected chi connectivity index (χ1v) is 8.95. The molecule has 2 nitrogen and oxygen atoms in total. The number of carbonyl (C=O) groups excluding carboxylic acids is 1. The second kappa shape index (κ2) is 6.06. The van der Waals surface area contributed by atoms with Gasteiger partial charge in [0.05, 0.1) is 15.5 Å². The predicted octanol–water partition coefficient (Wildman–Crippen LogP) is 5.36. The fourth-order valence-electron chi connectivity index (χ4n) is 2.58. The number of Topliss-reactive ketones (excluding diaryl/α,β-unsaturated/α-hetero) is 1. The zero-order valence-corrected chi connectivity index (χ0v) is 16.2. The summed E-state index contributed by atoms with van der Waals surface area (Å²) in [6.45, 7) is 12.5. The number of aromatic hydroxyl groups is 1. The fourth-order valence-corrected chi connectivity index (χ4v) is 3.81. The average Bonchev–Trinajstić information content (AvgIpc) is 2.67. The molecule has 4 heteroatoms. The number of rotatable bonds is 1. The Labute approximate surface area is 148 Å². The molecule has 0 spiro atoms. The molecule has 1 aliphatic heterocycles. The molecule has 2 rings (SSSR count). The normalized spacial score (nSPS) is 18.1. The number of thiocarbonyl (C=S) groups is 1. The van der Waals surface area contributed by atoms with Crippen molar-refractivity contribution in [2.45, 2.75) is 58.8 Å². The van der Waals surface area contributed by atoms with E-state index in [-0.39, 0.29) is 16.6 Å². The van der Waals surface area contributed by atoms with E-state index in [0.717, 1.165) is 20.9 Å². The lowest BCUT2D eigenvalue weighted by Crippen LogP contribution is -2.17. The van der Waals surface area contributed by atoms with E-state index in [2.05, 4.69) is 41.5 Å². The summed E-state index contributed by atoms with van der Waals surface area (Å²) in [6.07, 6.45) is 2.25. The molecule has 1 fully saturated rings. The minimum absolute atomic E-state index is 0.0858. The molecule has 1 aromatic carbocycles. The highest BCUT2D eigenvalue weighted by Crippen LogP contribution is 2.41. The lowest BCUT2D eigenvalue weighted by Gasteiger charge is -2.28. The molecule has 0 aromatic heterocycles. The average molecular weight is 349 g/mol. The van der Waals surface area contributed by atoms with Crippen LogP contribution >= 0.6 is 24.0 Å². The molecule has 0 saturated carbocycles. The predicted molar refractivity (Wildman–Crippen MR) is 103 cm³/mol. The standard InChI is InChI=1S/C19H24O2S2/c1-18(2,3)12-7-11(8-13(17(12)21)19(4,5)6)9-15-14(20)10-16(22)23-15/h7-9,21H,10H2,1-6H3/b15-9+. The maximum absolute atomic E-state index is 12.0. The second-order valence-corrected chi connectivity index (χ2v) is 9.94. The molecule has 1 heterocycles. The number of hydrogen-bond acceptors (Lipinski definition) is 4. The Kier molecular flexibility index (Phi) is 4.80. The van der Waals surface area contributed by atoms with Gasteiger partial charge in [0.25, 0.3) is 0 Å². The van der Waals surface area contributed by atoms with Crippen molar-refractivity contribution in [1.82, 2.24) is 0 Å². The summed E-state index contributed by atoms with van der Waals surface area (Å²) in [5.41, 5.74) is 2.38. The number of ketones is 1. The van der Waals surface area contributed by atoms with Gasteiger partial charge in [-0.3, -0.25) is 4.79 Å². The Balaban J connectivity index is 2.64. The van der Waals surface area contributed by atoms with Gasteiger partial charge in [-0.1, -0.05) is 65.5 Å². The van der Waals surface area contributed by atoms with Crippen LogP contribution in [0.25, 0.3) is 6.08 Å². The quantitative estimate of drug-likeness (QED) is 0.547. The summed E-state index contributed by atoms with van der Waals surface area (Å²) in [7, 11) is 0. The molecule has 0 radical (unpaired) electrons. The number of carbonyl (C=O) groups is 1. The molecule has 0 aliphatic carbocycles. The van der Waals surface area contributed by atoms with Crippen molar-refractivity contribution >= 4 is 40.0 Å².